The molecule has 0 saturated carbocycles. The first-order chi connectivity index (χ1) is 10.3. The Bertz CT molecular complexity index is 363. The molecule has 0 bridgehead atoms. The first-order valence-electron chi connectivity index (χ1n) is 9.14. The maximum atomic E-state index is 2.30. The molecule has 0 aliphatic carbocycles. The van der Waals surface area contributed by atoms with E-state index in [0.29, 0.717) is 0 Å². The third-order valence-electron chi connectivity index (χ3n) is 4.36. The van der Waals surface area contributed by atoms with Crippen LogP contribution in [-0.2, 0) is 6.42 Å². The van der Waals surface area contributed by atoms with Gasteiger partial charge in [0, 0.05) is 0 Å². The molecule has 0 heterocycles. The summed E-state index contributed by atoms with van der Waals surface area (Å²) in [6.45, 7) is 6.73. The van der Waals surface area contributed by atoms with E-state index in [1.165, 1.54) is 87.7 Å². The smallest absolute Gasteiger partial charge is 0.186 e. The molecular weight excluding hydrogens is 311 g/mol. The van der Waals surface area contributed by atoms with Gasteiger partial charge in [-0.25, -0.2) is 0 Å². The monoisotopic (exact) mass is 346 g/mol. The SMILES string of the molecule is CCCCCCCCCCCCc1ccccc1[C-](C)C.Cl.[Na+]. The summed E-state index contributed by atoms with van der Waals surface area (Å²) >= 11 is 0. The number of halogens is 1. The van der Waals surface area contributed by atoms with Crippen molar-refractivity contribution < 1.29 is 29.6 Å². The summed E-state index contributed by atoms with van der Waals surface area (Å²) in [4.78, 5) is 0. The summed E-state index contributed by atoms with van der Waals surface area (Å²) in [5.74, 6) is 1.44. The second-order valence-corrected chi connectivity index (χ2v) is 6.59. The van der Waals surface area contributed by atoms with Crippen molar-refractivity contribution in [1.29, 1.82) is 0 Å². The van der Waals surface area contributed by atoms with Crippen molar-refractivity contribution in [2.24, 2.45) is 0 Å². The predicted octanol–water partition coefficient (Wildman–Crippen LogP) is 4.54. The Morgan fingerprint density at radius 1 is 0.739 bits per heavy atom. The third kappa shape index (κ3) is 12.4. The van der Waals surface area contributed by atoms with Crippen LogP contribution < -0.4 is 29.6 Å². The average molecular weight is 347 g/mol. The van der Waals surface area contributed by atoms with Crippen LogP contribution in [-0.4, -0.2) is 0 Å². The number of hydrogen-bond donors (Lipinski definition) is 0. The van der Waals surface area contributed by atoms with Crippen molar-refractivity contribution in [3.8, 4) is 0 Å². The number of rotatable bonds is 12. The molecular formula is C21H36ClNa. The maximum Gasteiger partial charge on any atom is 1.00 e. The first kappa shape index (κ1) is 25.6. The fraction of sp³-hybridized carbons (Fsp3) is 0.667. The van der Waals surface area contributed by atoms with Crippen molar-refractivity contribution in [1.82, 2.24) is 0 Å². The molecule has 1 rings (SSSR count). The zero-order valence-corrected chi connectivity index (χ0v) is 18.8. The van der Waals surface area contributed by atoms with Crippen LogP contribution in [0.5, 0.6) is 0 Å². The molecule has 1 aromatic carbocycles. The fourth-order valence-corrected chi connectivity index (χ4v) is 3.03. The maximum absolute atomic E-state index is 2.30. The zero-order chi connectivity index (χ0) is 15.3. The minimum Gasteiger partial charge on any atom is -0.186 e. The Balaban J connectivity index is 0. The average Bonchev–Trinajstić information content (AvgIpc) is 2.49. The van der Waals surface area contributed by atoms with Gasteiger partial charge in [-0.05, 0) is 0 Å². The van der Waals surface area contributed by atoms with Crippen LogP contribution in [0.3, 0.4) is 0 Å². The summed E-state index contributed by atoms with van der Waals surface area (Å²) in [6.07, 6.45) is 15.4. The topological polar surface area (TPSA) is 0 Å². The van der Waals surface area contributed by atoms with Crippen molar-refractivity contribution in [3.63, 3.8) is 0 Å². The van der Waals surface area contributed by atoms with Crippen LogP contribution in [0.25, 0.3) is 0 Å². The van der Waals surface area contributed by atoms with Crippen LogP contribution in [0.2, 0.25) is 0 Å². The van der Waals surface area contributed by atoms with Crippen LogP contribution in [0.1, 0.15) is 96.1 Å². The molecule has 0 N–H and O–H groups in total. The van der Waals surface area contributed by atoms with Gasteiger partial charge >= 0.3 is 29.6 Å². The van der Waals surface area contributed by atoms with Crippen molar-refractivity contribution in [3.05, 3.63) is 41.3 Å². The minimum absolute atomic E-state index is 0. The van der Waals surface area contributed by atoms with Crippen LogP contribution >= 0.6 is 12.4 Å². The third-order valence-corrected chi connectivity index (χ3v) is 4.36. The van der Waals surface area contributed by atoms with Crippen molar-refractivity contribution in [2.45, 2.75) is 91.4 Å². The molecule has 128 valence electrons. The van der Waals surface area contributed by atoms with Crippen molar-refractivity contribution in [2.75, 3.05) is 0 Å². The van der Waals surface area contributed by atoms with E-state index in [4.69, 9.17) is 0 Å². The molecule has 0 atom stereocenters. The molecule has 23 heavy (non-hydrogen) atoms. The van der Waals surface area contributed by atoms with Gasteiger partial charge in [0.25, 0.3) is 0 Å². The molecule has 0 amide bonds. The molecule has 0 unspecified atom stereocenters. The molecule has 0 saturated heterocycles. The van der Waals surface area contributed by atoms with E-state index in [1.807, 2.05) is 0 Å². The van der Waals surface area contributed by atoms with E-state index in [-0.39, 0.29) is 42.0 Å². The van der Waals surface area contributed by atoms with Gasteiger partial charge in [0.15, 0.2) is 0 Å². The van der Waals surface area contributed by atoms with E-state index in [0.717, 1.165) is 0 Å². The first-order valence-corrected chi connectivity index (χ1v) is 9.14. The van der Waals surface area contributed by atoms with Gasteiger partial charge in [0.2, 0.25) is 0 Å². The fourth-order valence-electron chi connectivity index (χ4n) is 3.03. The summed E-state index contributed by atoms with van der Waals surface area (Å²) in [6, 6.07) is 8.90. The number of hydrogen-bond acceptors (Lipinski definition) is 0. The van der Waals surface area contributed by atoms with Gasteiger partial charge < -0.3 is 0 Å². The van der Waals surface area contributed by atoms with Crippen LogP contribution in [0, 0.1) is 5.92 Å². The standard InChI is InChI=1S/C21H35.ClH.Na/c1-4-5-6-7-8-9-10-11-12-13-16-20-17-14-15-18-21(20)19(2)3;;/h14-15,17-18H,4-13,16H2,1-3H3;1H;/q-1;;+1. The summed E-state index contributed by atoms with van der Waals surface area (Å²) in [7, 11) is 0. The molecule has 0 aliphatic rings. The van der Waals surface area contributed by atoms with E-state index in [9.17, 15) is 0 Å². The Morgan fingerprint density at radius 2 is 1.22 bits per heavy atom. The quantitative estimate of drug-likeness (QED) is 0.296. The predicted molar refractivity (Wildman–Crippen MR) is 103 cm³/mol. The summed E-state index contributed by atoms with van der Waals surface area (Å²) in [5, 5.41) is 0. The molecule has 0 nitrogen and oxygen atoms in total. The Morgan fingerprint density at radius 3 is 1.74 bits per heavy atom. The summed E-state index contributed by atoms with van der Waals surface area (Å²) < 4.78 is 0. The number of unbranched alkanes of at least 4 members (excludes halogenated alkanes) is 9. The number of aryl methyl sites for hydroxylation is 1. The summed E-state index contributed by atoms with van der Waals surface area (Å²) in [5.41, 5.74) is 3.01. The van der Waals surface area contributed by atoms with E-state index in [2.05, 4.69) is 45.0 Å². The van der Waals surface area contributed by atoms with Crippen LogP contribution in [0.4, 0.5) is 0 Å². The molecule has 0 fully saturated rings. The van der Waals surface area contributed by atoms with Gasteiger partial charge in [-0.2, -0.15) is 17.5 Å². The molecule has 0 spiro atoms. The normalized spacial score (nSPS) is 9.87. The molecule has 0 aliphatic heterocycles. The Hall–Kier alpha value is 0.380. The van der Waals surface area contributed by atoms with Gasteiger partial charge in [-0.1, -0.05) is 97.5 Å². The van der Waals surface area contributed by atoms with E-state index in [1.54, 1.807) is 0 Å². The second kappa shape index (κ2) is 17.2. The van der Waals surface area contributed by atoms with E-state index >= 15 is 0 Å². The molecule has 0 aromatic heterocycles. The Kier molecular flexibility index (Phi) is 19.2. The zero-order valence-electron chi connectivity index (χ0n) is 16.0. The largest absolute Gasteiger partial charge is 1.00 e. The van der Waals surface area contributed by atoms with Gasteiger partial charge in [-0.15, -0.1) is 30.1 Å². The minimum atomic E-state index is 0. The van der Waals surface area contributed by atoms with Crippen molar-refractivity contribution >= 4 is 12.4 Å². The molecule has 0 radical (unpaired) electrons. The van der Waals surface area contributed by atoms with Gasteiger partial charge in [0.1, 0.15) is 0 Å². The Labute approximate surface area is 173 Å². The van der Waals surface area contributed by atoms with Crippen LogP contribution in [0.15, 0.2) is 24.3 Å². The van der Waals surface area contributed by atoms with E-state index < -0.39 is 0 Å². The van der Waals surface area contributed by atoms with Gasteiger partial charge in [-0.3, -0.25) is 0 Å². The van der Waals surface area contributed by atoms with Gasteiger partial charge in [0.05, 0.1) is 0 Å². The molecule has 2 heteroatoms. The number of benzene rings is 1. The molecule has 1 aromatic rings. The second-order valence-electron chi connectivity index (χ2n) is 6.59.